The van der Waals surface area contributed by atoms with E-state index in [1.807, 2.05) is 13.8 Å². The average Bonchev–Trinajstić information content (AvgIpc) is 3.71. The highest BCUT2D eigenvalue weighted by Crippen LogP contribution is 2.47. The fourth-order valence-electron chi connectivity index (χ4n) is 5.44. The molecule has 5 N–H and O–H groups in total. The molecule has 1 unspecified atom stereocenters. The van der Waals surface area contributed by atoms with Crippen molar-refractivity contribution in [2.24, 2.45) is 5.92 Å². The summed E-state index contributed by atoms with van der Waals surface area (Å²) in [5.74, 6) is -0.281. The summed E-state index contributed by atoms with van der Waals surface area (Å²) in [6.45, 7) is 4.46. The second kappa shape index (κ2) is 18.1. The van der Waals surface area contributed by atoms with Gasteiger partial charge in [-0.15, -0.1) is 0 Å². The van der Waals surface area contributed by atoms with Crippen LogP contribution >= 0.6 is 15.6 Å². The first-order valence-electron chi connectivity index (χ1n) is 17.1. The molecule has 1 saturated heterocycles. The lowest BCUT2D eigenvalue weighted by atomic mass is 10.1. The zero-order valence-corrected chi connectivity index (χ0v) is 31.3. The van der Waals surface area contributed by atoms with Gasteiger partial charge in [0.2, 0.25) is 0 Å². The Morgan fingerprint density at radius 1 is 0.981 bits per heavy atom. The molecule has 288 valence electrons. The molecule has 2 aromatic heterocycles. The number of aliphatic hydroxyl groups excluding tert-OH is 2. The van der Waals surface area contributed by atoms with Crippen LogP contribution < -0.4 is 15.1 Å². The van der Waals surface area contributed by atoms with Crippen LogP contribution in [0.15, 0.2) is 79.1 Å². The van der Waals surface area contributed by atoms with E-state index in [1.54, 1.807) is 60.7 Å². The molecule has 1 fully saturated rings. The Morgan fingerprint density at radius 2 is 1.66 bits per heavy atom. The number of hydrogen-bond donors (Lipinski definition) is 5. The summed E-state index contributed by atoms with van der Waals surface area (Å²) in [5, 5.41) is 37.5. The van der Waals surface area contributed by atoms with Crippen LogP contribution in [0.1, 0.15) is 51.0 Å². The number of fused-ring (bicyclic) bond motifs is 1. The molecule has 0 bridgehead atoms. The fourth-order valence-corrected chi connectivity index (χ4v) is 7.60. The first-order valence-corrected chi connectivity index (χ1v) is 20.1. The molecule has 1 aliphatic rings. The zero-order chi connectivity index (χ0) is 38.2. The highest BCUT2D eigenvalue weighted by atomic mass is 31.2. The molecule has 1 aliphatic heterocycles. The number of phosphoric ester groups is 1. The number of ether oxygens (including phenoxy) is 2. The van der Waals surface area contributed by atoms with Crippen molar-refractivity contribution in [2.45, 2.75) is 77.4 Å². The molecule has 0 aliphatic carbocycles. The van der Waals surface area contributed by atoms with E-state index < -0.39 is 65.3 Å². The van der Waals surface area contributed by atoms with Crippen molar-refractivity contribution in [2.75, 3.05) is 13.2 Å². The third kappa shape index (κ3) is 10.5. The minimum atomic E-state index is -4.49. The number of hydrogen-bond acceptors (Lipinski definition) is 13. The Hall–Kier alpha value is -3.73. The number of nitrogens with one attached hydrogen (secondary N) is 2. The van der Waals surface area contributed by atoms with Crippen molar-refractivity contribution in [1.29, 1.82) is 5.41 Å². The molecule has 3 heterocycles. The van der Waals surface area contributed by atoms with Crippen molar-refractivity contribution in [1.82, 2.24) is 19.3 Å². The lowest BCUT2D eigenvalue weighted by molar-refractivity contribution is -0.146. The van der Waals surface area contributed by atoms with Crippen LogP contribution in [0.3, 0.4) is 0 Å². The fraction of sp³-hybridized carbons (Fsp3) is 0.441. The number of rotatable bonds is 19. The van der Waals surface area contributed by atoms with Crippen LogP contribution in [-0.4, -0.2) is 72.8 Å². The third-order valence-corrected chi connectivity index (χ3v) is 11.2. The van der Waals surface area contributed by atoms with Crippen LogP contribution in [0.25, 0.3) is 5.52 Å². The summed E-state index contributed by atoms with van der Waals surface area (Å²) in [6.07, 6.45) is -2.52. The number of esters is 1. The van der Waals surface area contributed by atoms with Gasteiger partial charge in [-0.25, -0.2) is 13.6 Å². The highest BCUT2D eigenvalue weighted by Gasteiger charge is 2.46. The van der Waals surface area contributed by atoms with Crippen LogP contribution in [0, 0.1) is 11.3 Å². The Balaban J connectivity index is 1.24. The van der Waals surface area contributed by atoms with E-state index in [2.05, 4.69) is 10.2 Å². The maximum atomic E-state index is 14.0. The lowest BCUT2D eigenvalue weighted by Gasteiger charge is -2.25. The highest BCUT2D eigenvalue weighted by molar-refractivity contribution is 7.52. The predicted molar refractivity (Wildman–Crippen MR) is 189 cm³/mol. The van der Waals surface area contributed by atoms with Crippen LogP contribution in [-0.2, 0) is 50.3 Å². The van der Waals surface area contributed by atoms with E-state index in [0.29, 0.717) is 5.56 Å². The summed E-state index contributed by atoms with van der Waals surface area (Å²) in [7, 11) is -8.80. The van der Waals surface area contributed by atoms with E-state index in [9.17, 15) is 29.0 Å². The number of carbonyl (C=O) groups is 1. The maximum Gasteiger partial charge on any atom is 0.474 e. The molecule has 0 radical (unpaired) electrons. The molecule has 17 nitrogen and oxygen atoms in total. The number of benzene rings is 2. The lowest BCUT2D eigenvalue weighted by Crippen LogP contribution is -2.37. The van der Waals surface area contributed by atoms with Gasteiger partial charge in [0.15, 0.2) is 5.49 Å². The number of aromatic nitrogens is 3. The Bertz CT molecular complexity index is 1960. The molecule has 19 heteroatoms. The van der Waals surface area contributed by atoms with Gasteiger partial charge < -0.3 is 29.1 Å². The second-order valence-corrected chi connectivity index (χ2v) is 15.6. The van der Waals surface area contributed by atoms with E-state index in [1.165, 1.54) is 34.5 Å². The van der Waals surface area contributed by atoms with Gasteiger partial charge in [0, 0.05) is 0 Å². The summed E-state index contributed by atoms with van der Waals surface area (Å²) in [6, 6.07) is 18.9. The molecule has 4 aromatic rings. The van der Waals surface area contributed by atoms with Gasteiger partial charge in [0.1, 0.15) is 54.8 Å². The quantitative estimate of drug-likeness (QED) is 0.0664. The molecule has 2 aromatic carbocycles. The molecule has 0 spiro atoms. The minimum absolute atomic E-state index is 0.153. The molecular weight excluding hydrogens is 732 g/mol. The first-order chi connectivity index (χ1) is 25.3. The molecule has 5 rings (SSSR count). The summed E-state index contributed by atoms with van der Waals surface area (Å²) >= 11 is 0. The number of carbonyl (C=O) groups excluding carboxylic acids is 1. The number of aliphatic hydroxyl groups is 2. The molecule has 0 saturated carbocycles. The minimum Gasteiger partial charge on any atom is -0.464 e. The number of para-hydroxylation sites is 1. The zero-order valence-electron chi connectivity index (χ0n) is 29.5. The number of nitrogens with zero attached hydrogens (tertiary/aromatic N) is 3. The largest absolute Gasteiger partial charge is 0.474 e. The summed E-state index contributed by atoms with van der Waals surface area (Å²) in [4.78, 5) is 22.9. The average molecular weight is 778 g/mol. The van der Waals surface area contributed by atoms with Gasteiger partial charge in [0.05, 0.1) is 25.5 Å². The van der Waals surface area contributed by atoms with Crippen molar-refractivity contribution < 1.29 is 56.6 Å². The molecular formula is C34H45N5O12P2. The van der Waals surface area contributed by atoms with Crippen molar-refractivity contribution >= 4 is 27.1 Å². The molecule has 7 atom stereocenters. The summed E-state index contributed by atoms with van der Waals surface area (Å²) in [5.41, 5.74) is 1.01. The van der Waals surface area contributed by atoms with Crippen molar-refractivity contribution in [3.63, 3.8) is 0 Å². The Labute approximate surface area is 306 Å². The molecule has 53 heavy (non-hydrogen) atoms. The van der Waals surface area contributed by atoms with Gasteiger partial charge in [-0.05, 0) is 42.7 Å². The monoisotopic (exact) mass is 777 g/mol. The molecule has 0 amide bonds. The van der Waals surface area contributed by atoms with Gasteiger partial charge in [-0.3, -0.25) is 28.3 Å². The van der Waals surface area contributed by atoms with Gasteiger partial charge >= 0.3 is 21.5 Å². The standard InChI is InChI=1S/C34H45N5O12P2/c1-4-24(5-2)18-46-34(42)23(3)37-52(43,51-26-14-10-7-11-15-26)47-20-29-30(40)31(41)32(50-29)27-16-17-28-33(35)38(21-36-39(27)28)22-49-53(44,45)48-19-25-12-8-6-9-13-25/h6-17,21,23-24,29-32,35,40-41H,4-5,18-20,22H2,1-3H3,(H,37,43)(H,44,45)/t23-,29+,30+,31+,32-,52-/m0/s1. The van der Waals surface area contributed by atoms with Gasteiger partial charge in [-0.1, -0.05) is 75.2 Å². The van der Waals surface area contributed by atoms with Crippen molar-refractivity contribution in [3.8, 4) is 5.75 Å². The Morgan fingerprint density at radius 3 is 2.34 bits per heavy atom. The van der Waals surface area contributed by atoms with Gasteiger partial charge in [-0.2, -0.15) is 10.2 Å². The third-order valence-electron chi connectivity index (χ3n) is 8.67. The van der Waals surface area contributed by atoms with Crippen LogP contribution in [0.5, 0.6) is 5.75 Å². The summed E-state index contributed by atoms with van der Waals surface area (Å²) < 4.78 is 61.9. The topological polar surface area (TPSA) is 225 Å². The normalized spacial score (nSPS) is 21.6. The first kappa shape index (κ1) is 40.5. The van der Waals surface area contributed by atoms with E-state index >= 15 is 0 Å². The van der Waals surface area contributed by atoms with Gasteiger partial charge in [0.25, 0.3) is 0 Å². The van der Waals surface area contributed by atoms with Crippen LogP contribution in [0.4, 0.5) is 0 Å². The van der Waals surface area contributed by atoms with Crippen molar-refractivity contribution in [3.05, 3.63) is 95.9 Å². The van der Waals surface area contributed by atoms with E-state index in [0.717, 1.165) is 12.8 Å². The van der Waals surface area contributed by atoms with E-state index in [4.69, 9.17) is 33.0 Å². The number of phosphoric acid groups is 1. The van der Waals surface area contributed by atoms with Crippen LogP contribution in [0.2, 0.25) is 0 Å². The van der Waals surface area contributed by atoms with E-state index in [-0.39, 0.29) is 41.6 Å². The predicted octanol–water partition coefficient (Wildman–Crippen LogP) is 4.23. The smallest absolute Gasteiger partial charge is 0.464 e. The second-order valence-electron chi connectivity index (χ2n) is 12.4. The Kier molecular flexibility index (Phi) is 13.8. The SMILES string of the molecule is CCC(CC)COC(=O)[C@H](C)N[P@](=O)(OC[C@H]1O[C@@H](c2ccc3c(=N)n(COP(=O)(O)OCc4ccccc4)cnn23)[C@H](O)[C@@H]1O)Oc1ccccc1. The maximum absolute atomic E-state index is 14.0.